The molecule has 1 aromatic carbocycles. The summed E-state index contributed by atoms with van der Waals surface area (Å²) in [6.45, 7) is 2.70. The number of hydrazone groups is 1. The standard InChI is InChI=1S/C16H21FN4O/c1-3-5-13(8-11-22-2)19-20-16-7-6-14(12-15(16)17)21-10-4-9-18-21/h4,6-7,9-10,12,20H,3,5,8,11H2,1-2H3. The van der Waals surface area contributed by atoms with E-state index in [1.807, 2.05) is 0 Å². The minimum absolute atomic E-state index is 0.349. The predicted octanol–water partition coefficient (Wildman–Crippen LogP) is 3.62. The van der Waals surface area contributed by atoms with Gasteiger partial charge in [0.15, 0.2) is 0 Å². The highest BCUT2D eigenvalue weighted by atomic mass is 19.1. The highest BCUT2D eigenvalue weighted by Gasteiger charge is 2.05. The highest BCUT2D eigenvalue weighted by molar-refractivity contribution is 5.85. The van der Waals surface area contributed by atoms with E-state index in [1.165, 1.54) is 6.07 Å². The largest absolute Gasteiger partial charge is 0.384 e. The molecule has 0 saturated heterocycles. The molecule has 1 N–H and O–H groups in total. The summed E-state index contributed by atoms with van der Waals surface area (Å²) in [6.07, 6.45) is 6.02. The van der Waals surface area contributed by atoms with Crippen LogP contribution in [0.5, 0.6) is 0 Å². The van der Waals surface area contributed by atoms with Crippen molar-refractivity contribution in [2.24, 2.45) is 5.10 Å². The van der Waals surface area contributed by atoms with Gasteiger partial charge in [-0.05, 0) is 24.6 Å². The Hall–Kier alpha value is -2.21. The molecule has 22 heavy (non-hydrogen) atoms. The van der Waals surface area contributed by atoms with Crippen LogP contribution in [-0.2, 0) is 4.74 Å². The molecule has 0 fully saturated rings. The second-order valence-corrected chi connectivity index (χ2v) is 4.90. The zero-order chi connectivity index (χ0) is 15.8. The molecule has 0 unspecified atom stereocenters. The van der Waals surface area contributed by atoms with Gasteiger partial charge in [0.05, 0.1) is 18.0 Å². The molecule has 0 aliphatic carbocycles. The van der Waals surface area contributed by atoms with E-state index < -0.39 is 0 Å². The maximum absolute atomic E-state index is 14.1. The Labute approximate surface area is 129 Å². The smallest absolute Gasteiger partial charge is 0.150 e. The van der Waals surface area contributed by atoms with Crippen molar-refractivity contribution in [3.05, 3.63) is 42.5 Å². The molecule has 0 atom stereocenters. The van der Waals surface area contributed by atoms with Gasteiger partial charge in [-0.2, -0.15) is 10.2 Å². The lowest BCUT2D eigenvalue weighted by molar-refractivity contribution is 0.207. The summed E-state index contributed by atoms with van der Waals surface area (Å²) < 4.78 is 20.8. The summed E-state index contributed by atoms with van der Waals surface area (Å²) in [5, 5.41) is 8.38. The number of benzene rings is 1. The van der Waals surface area contributed by atoms with Crippen LogP contribution in [0.1, 0.15) is 26.2 Å². The zero-order valence-corrected chi connectivity index (χ0v) is 12.9. The number of nitrogens with one attached hydrogen (secondary N) is 1. The van der Waals surface area contributed by atoms with Crippen LogP contribution < -0.4 is 5.43 Å². The summed E-state index contributed by atoms with van der Waals surface area (Å²) in [6, 6.07) is 6.68. The number of anilines is 1. The molecule has 5 nitrogen and oxygen atoms in total. The van der Waals surface area contributed by atoms with Crippen molar-refractivity contribution in [1.29, 1.82) is 0 Å². The number of hydrogen-bond acceptors (Lipinski definition) is 4. The Bertz CT molecular complexity index is 611. The maximum atomic E-state index is 14.1. The Balaban J connectivity index is 2.08. The fourth-order valence-electron chi connectivity index (χ4n) is 2.04. The lowest BCUT2D eigenvalue weighted by atomic mass is 10.2. The molecule has 0 saturated carbocycles. The van der Waals surface area contributed by atoms with Crippen molar-refractivity contribution < 1.29 is 9.13 Å². The van der Waals surface area contributed by atoms with Gasteiger partial charge in [-0.3, -0.25) is 5.43 Å². The number of nitrogens with zero attached hydrogens (tertiary/aromatic N) is 3. The molecule has 0 spiro atoms. The third-order valence-electron chi connectivity index (χ3n) is 3.19. The van der Waals surface area contributed by atoms with Crippen LogP contribution in [0.3, 0.4) is 0 Å². The lowest BCUT2D eigenvalue weighted by Gasteiger charge is -2.08. The number of halogens is 1. The molecule has 1 aromatic heterocycles. The monoisotopic (exact) mass is 304 g/mol. The maximum Gasteiger partial charge on any atom is 0.150 e. The fraction of sp³-hybridized carbons (Fsp3) is 0.375. The van der Waals surface area contributed by atoms with E-state index in [0.29, 0.717) is 18.0 Å². The van der Waals surface area contributed by atoms with Crippen molar-refractivity contribution >= 4 is 11.4 Å². The first-order chi connectivity index (χ1) is 10.7. The van der Waals surface area contributed by atoms with Gasteiger partial charge in [-0.25, -0.2) is 9.07 Å². The van der Waals surface area contributed by atoms with Crippen molar-refractivity contribution in [3.63, 3.8) is 0 Å². The molecule has 6 heteroatoms. The molecule has 1 heterocycles. The topological polar surface area (TPSA) is 51.4 Å². The summed E-state index contributed by atoms with van der Waals surface area (Å²) in [7, 11) is 1.66. The van der Waals surface area contributed by atoms with Gasteiger partial charge < -0.3 is 4.74 Å². The van der Waals surface area contributed by atoms with E-state index in [0.717, 1.165) is 25.0 Å². The van der Waals surface area contributed by atoms with Crippen LogP contribution in [0.4, 0.5) is 10.1 Å². The van der Waals surface area contributed by atoms with Gasteiger partial charge in [0.2, 0.25) is 0 Å². The van der Waals surface area contributed by atoms with Crippen molar-refractivity contribution in [2.75, 3.05) is 19.1 Å². The first-order valence-electron chi connectivity index (χ1n) is 7.34. The highest BCUT2D eigenvalue weighted by Crippen LogP contribution is 2.18. The van der Waals surface area contributed by atoms with E-state index >= 15 is 0 Å². The first kappa shape index (κ1) is 16.2. The van der Waals surface area contributed by atoms with E-state index in [1.54, 1.807) is 42.4 Å². The SMILES string of the molecule is CCCC(CCOC)=NNc1ccc(-n2cccn2)cc1F. The lowest BCUT2D eigenvalue weighted by Crippen LogP contribution is -2.06. The molecule has 0 radical (unpaired) electrons. The number of rotatable bonds is 8. The molecule has 2 rings (SSSR count). The van der Waals surface area contributed by atoms with Gasteiger partial charge in [-0.1, -0.05) is 13.3 Å². The zero-order valence-electron chi connectivity index (χ0n) is 12.9. The summed E-state index contributed by atoms with van der Waals surface area (Å²) >= 11 is 0. The third-order valence-corrected chi connectivity index (χ3v) is 3.19. The number of ether oxygens (including phenoxy) is 1. The van der Waals surface area contributed by atoms with Gasteiger partial charge >= 0.3 is 0 Å². The average molecular weight is 304 g/mol. The number of methoxy groups -OCH3 is 1. The summed E-state index contributed by atoms with van der Waals surface area (Å²) in [4.78, 5) is 0. The van der Waals surface area contributed by atoms with Crippen LogP contribution in [0.2, 0.25) is 0 Å². The predicted molar refractivity (Wildman–Crippen MR) is 86.0 cm³/mol. The first-order valence-corrected chi connectivity index (χ1v) is 7.34. The molecule has 0 aliphatic rings. The molecular formula is C16H21FN4O. The van der Waals surface area contributed by atoms with Crippen molar-refractivity contribution in [1.82, 2.24) is 9.78 Å². The molecule has 0 amide bonds. The van der Waals surface area contributed by atoms with Gasteiger partial charge in [0.1, 0.15) is 5.82 Å². The molecule has 0 aliphatic heterocycles. The minimum Gasteiger partial charge on any atom is -0.384 e. The van der Waals surface area contributed by atoms with E-state index in [-0.39, 0.29) is 5.82 Å². The van der Waals surface area contributed by atoms with Crippen LogP contribution in [0.15, 0.2) is 41.8 Å². The number of hydrogen-bond donors (Lipinski definition) is 1. The second-order valence-electron chi connectivity index (χ2n) is 4.90. The summed E-state index contributed by atoms with van der Waals surface area (Å²) in [5.41, 5.74) is 4.80. The van der Waals surface area contributed by atoms with Crippen molar-refractivity contribution in [3.8, 4) is 5.69 Å². The Kier molecular flexibility index (Phi) is 6.09. The normalized spacial score (nSPS) is 11.7. The van der Waals surface area contributed by atoms with Gasteiger partial charge in [0, 0.05) is 37.7 Å². The Morgan fingerprint density at radius 1 is 1.41 bits per heavy atom. The number of aromatic nitrogens is 2. The molecule has 0 bridgehead atoms. The van der Waals surface area contributed by atoms with Gasteiger partial charge in [-0.15, -0.1) is 0 Å². The van der Waals surface area contributed by atoms with Crippen LogP contribution in [0, 0.1) is 5.82 Å². The van der Waals surface area contributed by atoms with Crippen LogP contribution in [-0.4, -0.2) is 29.2 Å². The third kappa shape index (κ3) is 4.39. The van der Waals surface area contributed by atoms with E-state index in [4.69, 9.17) is 4.74 Å². The van der Waals surface area contributed by atoms with E-state index in [2.05, 4.69) is 22.5 Å². The quantitative estimate of drug-likeness (QED) is 0.598. The Morgan fingerprint density at radius 3 is 2.91 bits per heavy atom. The average Bonchev–Trinajstić information content (AvgIpc) is 3.05. The van der Waals surface area contributed by atoms with E-state index in [9.17, 15) is 4.39 Å². The van der Waals surface area contributed by atoms with Gasteiger partial charge in [0.25, 0.3) is 0 Å². The summed E-state index contributed by atoms with van der Waals surface area (Å²) in [5.74, 6) is -0.362. The minimum atomic E-state index is -0.362. The molecule has 2 aromatic rings. The van der Waals surface area contributed by atoms with Crippen LogP contribution >= 0.6 is 0 Å². The fourth-order valence-corrected chi connectivity index (χ4v) is 2.04. The Morgan fingerprint density at radius 2 is 2.27 bits per heavy atom. The van der Waals surface area contributed by atoms with Crippen LogP contribution in [0.25, 0.3) is 5.69 Å². The molecule has 118 valence electrons. The van der Waals surface area contributed by atoms with Crippen molar-refractivity contribution in [2.45, 2.75) is 26.2 Å². The second kappa shape index (κ2) is 8.29. The molecular weight excluding hydrogens is 283 g/mol.